The molecule has 7 rings (SSSR count). The summed E-state index contributed by atoms with van der Waals surface area (Å²) in [5.74, 6) is 1.34. The van der Waals surface area contributed by atoms with Gasteiger partial charge in [-0.1, -0.05) is 90.2 Å². The summed E-state index contributed by atoms with van der Waals surface area (Å²) in [5, 5.41) is 0. The Bertz CT molecular complexity index is 2080. The smallest absolute Gasteiger partial charge is 0.338 e. The van der Waals surface area contributed by atoms with Crippen molar-refractivity contribution >= 4 is 29.1 Å². The van der Waals surface area contributed by atoms with E-state index in [-0.39, 0.29) is 24.5 Å². The number of thiazole rings is 1. The minimum Gasteiger partial charge on any atom is -0.489 e. The van der Waals surface area contributed by atoms with Crippen LogP contribution in [0.1, 0.15) is 35.2 Å². The predicted molar refractivity (Wildman–Crippen MR) is 171 cm³/mol. The Kier molecular flexibility index (Phi) is 7.75. The van der Waals surface area contributed by atoms with Crippen LogP contribution in [-0.2, 0) is 16.1 Å². The van der Waals surface area contributed by atoms with E-state index in [0.29, 0.717) is 38.7 Å². The molecule has 8 nitrogen and oxygen atoms in total. The number of hydrogen-bond donors (Lipinski definition) is 0. The molecule has 0 fully saturated rings. The normalized spacial score (nSPS) is 15.4. The highest BCUT2D eigenvalue weighted by Crippen LogP contribution is 2.40. The van der Waals surface area contributed by atoms with Crippen molar-refractivity contribution in [1.29, 1.82) is 0 Å². The molecule has 4 aromatic carbocycles. The molecule has 0 bridgehead atoms. The van der Waals surface area contributed by atoms with Gasteiger partial charge in [-0.3, -0.25) is 9.36 Å². The average Bonchev–Trinajstić information content (AvgIpc) is 3.68. The summed E-state index contributed by atoms with van der Waals surface area (Å²) in [4.78, 5) is 33.2. The van der Waals surface area contributed by atoms with Crippen LogP contribution < -0.4 is 29.1 Å². The number of benzene rings is 4. The van der Waals surface area contributed by atoms with Crippen LogP contribution in [0.3, 0.4) is 0 Å². The van der Waals surface area contributed by atoms with Gasteiger partial charge in [-0.2, -0.15) is 0 Å². The summed E-state index contributed by atoms with van der Waals surface area (Å²) in [6.45, 7) is 2.50. The van der Waals surface area contributed by atoms with E-state index in [4.69, 9.17) is 23.9 Å². The topological polar surface area (TPSA) is 88.4 Å². The molecule has 1 unspecified atom stereocenters. The predicted octanol–water partition coefficient (Wildman–Crippen LogP) is 5.24. The molecule has 5 aromatic rings. The number of aromatic nitrogens is 1. The minimum absolute atomic E-state index is 0.105. The van der Waals surface area contributed by atoms with Crippen LogP contribution in [0.4, 0.5) is 0 Å². The highest BCUT2D eigenvalue weighted by atomic mass is 32.1. The first-order chi connectivity index (χ1) is 22.1. The third-order valence-corrected chi connectivity index (χ3v) is 8.50. The third kappa shape index (κ3) is 5.65. The number of carbonyl (C=O) groups is 1. The van der Waals surface area contributed by atoms with Crippen molar-refractivity contribution in [2.45, 2.75) is 19.6 Å². The van der Waals surface area contributed by atoms with E-state index in [1.165, 1.54) is 11.3 Å². The van der Waals surface area contributed by atoms with E-state index in [1.807, 2.05) is 103 Å². The fourth-order valence-electron chi connectivity index (χ4n) is 5.39. The molecule has 0 amide bonds. The van der Waals surface area contributed by atoms with Crippen LogP contribution in [0.25, 0.3) is 11.8 Å². The van der Waals surface area contributed by atoms with Crippen LogP contribution in [0.2, 0.25) is 0 Å². The van der Waals surface area contributed by atoms with Crippen molar-refractivity contribution in [2.75, 3.05) is 13.4 Å². The Morgan fingerprint density at radius 1 is 0.956 bits per heavy atom. The number of ether oxygens (including phenoxy) is 4. The van der Waals surface area contributed by atoms with Crippen LogP contribution in [0.5, 0.6) is 17.2 Å². The lowest BCUT2D eigenvalue weighted by Gasteiger charge is -2.26. The first-order valence-electron chi connectivity index (χ1n) is 14.5. The molecule has 0 saturated heterocycles. The Labute approximate surface area is 262 Å². The molecule has 0 N–H and O–H groups in total. The van der Waals surface area contributed by atoms with Crippen molar-refractivity contribution in [3.63, 3.8) is 0 Å². The molecule has 0 spiro atoms. The second-order valence-corrected chi connectivity index (χ2v) is 11.4. The quantitative estimate of drug-likeness (QED) is 0.222. The maximum atomic E-state index is 14.2. The first-order valence-corrected chi connectivity index (χ1v) is 15.4. The summed E-state index contributed by atoms with van der Waals surface area (Å²) in [5.41, 5.74) is 3.81. The largest absolute Gasteiger partial charge is 0.489 e. The Balaban J connectivity index is 1.33. The Hall–Kier alpha value is -5.41. The van der Waals surface area contributed by atoms with E-state index >= 15 is 0 Å². The third-order valence-electron chi connectivity index (χ3n) is 7.51. The Morgan fingerprint density at radius 2 is 1.69 bits per heavy atom. The van der Waals surface area contributed by atoms with Crippen molar-refractivity contribution < 1.29 is 23.7 Å². The van der Waals surface area contributed by atoms with Gasteiger partial charge in [0, 0.05) is 5.56 Å². The fraction of sp³-hybridized carbons (Fsp3) is 0.139. The van der Waals surface area contributed by atoms with E-state index in [9.17, 15) is 9.59 Å². The van der Waals surface area contributed by atoms with Gasteiger partial charge in [0.25, 0.3) is 5.56 Å². The van der Waals surface area contributed by atoms with Crippen molar-refractivity contribution in [2.24, 2.45) is 4.99 Å². The molecule has 0 saturated carbocycles. The van der Waals surface area contributed by atoms with Crippen LogP contribution >= 0.6 is 11.3 Å². The number of hydrogen-bond acceptors (Lipinski definition) is 8. The highest BCUT2D eigenvalue weighted by molar-refractivity contribution is 7.07. The molecule has 3 heterocycles. The van der Waals surface area contributed by atoms with Crippen LogP contribution in [0.15, 0.2) is 118 Å². The summed E-state index contributed by atoms with van der Waals surface area (Å²) < 4.78 is 24.7. The number of carbonyl (C=O) groups excluding carboxylic acids is 1. The minimum atomic E-state index is -0.805. The van der Waals surface area contributed by atoms with Crippen molar-refractivity contribution in [1.82, 2.24) is 4.57 Å². The molecule has 9 heteroatoms. The van der Waals surface area contributed by atoms with Crippen LogP contribution in [0, 0.1) is 0 Å². The van der Waals surface area contributed by atoms with Gasteiger partial charge in [-0.25, -0.2) is 9.79 Å². The zero-order valence-electron chi connectivity index (χ0n) is 24.3. The zero-order chi connectivity index (χ0) is 30.8. The van der Waals surface area contributed by atoms with Gasteiger partial charge in [0.05, 0.1) is 28.5 Å². The van der Waals surface area contributed by atoms with Gasteiger partial charge in [-0.05, 0) is 54.0 Å². The molecule has 0 radical (unpaired) electrons. The molecule has 1 atom stereocenters. The monoisotopic (exact) mass is 616 g/mol. The van der Waals surface area contributed by atoms with Gasteiger partial charge in [-0.15, -0.1) is 0 Å². The summed E-state index contributed by atoms with van der Waals surface area (Å²) in [6.07, 6.45) is 1.83. The lowest BCUT2D eigenvalue weighted by Crippen LogP contribution is -2.40. The van der Waals surface area contributed by atoms with Gasteiger partial charge < -0.3 is 18.9 Å². The lowest BCUT2D eigenvalue weighted by atomic mass is 9.93. The summed E-state index contributed by atoms with van der Waals surface area (Å²) in [6, 6.07) is 31.7. The Morgan fingerprint density at radius 3 is 2.44 bits per heavy atom. The number of fused-ring (bicyclic) bond motifs is 2. The molecule has 2 aliphatic rings. The number of esters is 1. The van der Waals surface area contributed by atoms with E-state index in [2.05, 4.69) is 0 Å². The maximum Gasteiger partial charge on any atom is 0.338 e. The molecule has 1 aromatic heterocycles. The molecule has 2 aliphatic heterocycles. The molecule has 0 aliphatic carbocycles. The molecular weight excluding hydrogens is 588 g/mol. The fourth-order valence-corrected chi connectivity index (χ4v) is 6.39. The van der Waals surface area contributed by atoms with Gasteiger partial charge >= 0.3 is 5.97 Å². The molecule has 224 valence electrons. The lowest BCUT2D eigenvalue weighted by molar-refractivity contribution is -0.138. The second-order valence-electron chi connectivity index (χ2n) is 10.4. The number of rotatable bonds is 8. The van der Waals surface area contributed by atoms with Crippen molar-refractivity contribution in [3.8, 4) is 17.2 Å². The standard InChI is InChI=1S/C36H28N2O6S/c1-2-41-35(40)31-32(25-11-7-4-8-12-25)37-36-38(33(31)26-15-18-28-29(20-26)44-22-43-28)34(39)30(45-36)19-23-13-16-27(17-14-23)42-21-24-9-5-3-6-10-24/h3-20,33H,2,21-22H2,1H3/b30-19-. The van der Waals surface area contributed by atoms with Crippen molar-refractivity contribution in [3.05, 3.63) is 151 Å². The summed E-state index contributed by atoms with van der Waals surface area (Å²) >= 11 is 1.27. The zero-order valence-corrected chi connectivity index (χ0v) is 25.2. The van der Waals surface area contributed by atoms with Gasteiger partial charge in [0.15, 0.2) is 16.3 Å². The van der Waals surface area contributed by atoms with E-state index in [0.717, 1.165) is 22.4 Å². The van der Waals surface area contributed by atoms with Crippen LogP contribution in [-0.4, -0.2) is 23.9 Å². The summed E-state index contributed by atoms with van der Waals surface area (Å²) in [7, 11) is 0. The van der Waals surface area contributed by atoms with E-state index < -0.39 is 12.0 Å². The maximum absolute atomic E-state index is 14.2. The second kappa shape index (κ2) is 12.3. The highest BCUT2D eigenvalue weighted by Gasteiger charge is 2.36. The molecular formula is C36H28N2O6S. The van der Waals surface area contributed by atoms with Gasteiger partial charge in [0.2, 0.25) is 6.79 Å². The first kappa shape index (κ1) is 28.4. The number of nitrogens with zero attached hydrogens (tertiary/aromatic N) is 2. The SMILES string of the molecule is CCOC(=O)C1=C(c2ccccc2)N=c2s/c(=C\c3ccc(OCc4ccccc4)cc3)c(=O)n2C1c1ccc2c(c1)OCO2. The average molecular weight is 617 g/mol. The van der Waals surface area contributed by atoms with E-state index in [1.54, 1.807) is 17.6 Å². The van der Waals surface area contributed by atoms with Gasteiger partial charge in [0.1, 0.15) is 12.4 Å². The molecule has 45 heavy (non-hydrogen) atoms.